The van der Waals surface area contributed by atoms with Gasteiger partial charge in [-0.2, -0.15) is 8.78 Å². The number of amides is 1. The van der Waals surface area contributed by atoms with Crippen molar-refractivity contribution in [1.29, 1.82) is 0 Å². The summed E-state index contributed by atoms with van der Waals surface area (Å²) in [6.45, 7) is -3.07. The molecule has 0 aliphatic rings. The van der Waals surface area contributed by atoms with Crippen LogP contribution in [-0.4, -0.2) is 12.5 Å². The van der Waals surface area contributed by atoms with E-state index in [4.69, 9.17) is 0 Å². The Balaban J connectivity index is 2.09. The molecule has 0 bridgehead atoms. The van der Waals surface area contributed by atoms with Gasteiger partial charge in [0.05, 0.1) is 5.56 Å². The fourth-order valence-corrected chi connectivity index (χ4v) is 1.77. The van der Waals surface area contributed by atoms with Crippen LogP contribution < -0.4 is 10.1 Å². The van der Waals surface area contributed by atoms with E-state index in [9.17, 15) is 18.0 Å². The Morgan fingerprint density at radius 1 is 1.10 bits per heavy atom. The van der Waals surface area contributed by atoms with Crippen LogP contribution in [0.4, 0.5) is 13.2 Å². The van der Waals surface area contributed by atoms with Crippen molar-refractivity contribution in [3.05, 3.63) is 65.5 Å². The number of nitrogens with one attached hydrogen (secondary N) is 1. The molecule has 0 atom stereocenters. The summed E-state index contributed by atoms with van der Waals surface area (Å²) in [5.41, 5.74) is 0.271. The molecule has 0 aliphatic carbocycles. The molecule has 0 fully saturated rings. The first-order chi connectivity index (χ1) is 10.1. The molecule has 0 aromatic heterocycles. The van der Waals surface area contributed by atoms with Crippen molar-refractivity contribution >= 4 is 5.91 Å². The van der Waals surface area contributed by atoms with Crippen molar-refractivity contribution < 1.29 is 22.7 Å². The van der Waals surface area contributed by atoms with Crippen LogP contribution >= 0.6 is 0 Å². The predicted molar refractivity (Wildman–Crippen MR) is 70.6 cm³/mol. The van der Waals surface area contributed by atoms with E-state index < -0.39 is 18.3 Å². The molecule has 2 aromatic carbocycles. The van der Waals surface area contributed by atoms with Crippen LogP contribution in [0.5, 0.6) is 5.75 Å². The van der Waals surface area contributed by atoms with E-state index in [0.717, 1.165) is 0 Å². The number of hydrogen-bond acceptors (Lipinski definition) is 2. The molecule has 110 valence electrons. The zero-order chi connectivity index (χ0) is 15.2. The maximum atomic E-state index is 13.4. The van der Waals surface area contributed by atoms with Gasteiger partial charge in [-0.1, -0.05) is 30.3 Å². The van der Waals surface area contributed by atoms with Gasteiger partial charge in [0, 0.05) is 12.1 Å². The van der Waals surface area contributed by atoms with Crippen LogP contribution in [0.1, 0.15) is 15.9 Å². The van der Waals surface area contributed by atoms with Gasteiger partial charge in [-0.3, -0.25) is 4.79 Å². The van der Waals surface area contributed by atoms with Gasteiger partial charge in [-0.15, -0.1) is 0 Å². The number of benzene rings is 2. The summed E-state index contributed by atoms with van der Waals surface area (Å²) in [7, 11) is 0. The lowest BCUT2D eigenvalue weighted by atomic mass is 10.1. The average molecular weight is 295 g/mol. The lowest BCUT2D eigenvalue weighted by molar-refractivity contribution is -0.0501. The first-order valence-corrected chi connectivity index (χ1v) is 6.13. The second kappa shape index (κ2) is 6.78. The Hall–Kier alpha value is -2.50. The van der Waals surface area contributed by atoms with Crippen molar-refractivity contribution in [2.24, 2.45) is 0 Å². The van der Waals surface area contributed by atoms with E-state index in [1.165, 1.54) is 42.5 Å². The molecule has 0 saturated heterocycles. The zero-order valence-electron chi connectivity index (χ0n) is 10.9. The molecule has 2 rings (SSSR count). The van der Waals surface area contributed by atoms with Gasteiger partial charge < -0.3 is 10.1 Å². The highest BCUT2D eigenvalue weighted by atomic mass is 19.3. The SMILES string of the molecule is O=C(NCc1ccccc1F)c1ccccc1OC(F)F. The van der Waals surface area contributed by atoms with Crippen LogP contribution in [0, 0.1) is 5.82 Å². The standard InChI is InChI=1S/C15H12F3NO2/c16-12-7-3-1-5-10(12)9-19-14(20)11-6-2-4-8-13(11)21-15(17)18/h1-8,15H,9H2,(H,19,20). The second-order valence-corrected chi connectivity index (χ2v) is 4.15. The quantitative estimate of drug-likeness (QED) is 0.918. The average Bonchev–Trinajstić information content (AvgIpc) is 2.46. The minimum Gasteiger partial charge on any atom is -0.434 e. The molecular weight excluding hydrogens is 283 g/mol. The lowest BCUT2D eigenvalue weighted by Crippen LogP contribution is -2.24. The predicted octanol–water partition coefficient (Wildman–Crippen LogP) is 3.36. The van der Waals surface area contributed by atoms with E-state index in [0.29, 0.717) is 5.56 Å². The number of carbonyl (C=O) groups is 1. The van der Waals surface area contributed by atoms with E-state index in [1.54, 1.807) is 6.07 Å². The smallest absolute Gasteiger partial charge is 0.387 e. The third kappa shape index (κ3) is 3.98. The zero-order valence-corrected chi connectivity index (χ0v) is 10.9. The van der Waals surface area contributed by atoms with Crippen LogP contribution in [0.25, 0.3) is 0 Å². The van der Waals surface area contributed by atoms with E-state index in [2.05, 4.69) is 10.1 Å². The highest BCUT2D eigenvalue weighted by molar-refractivity contribution is 5.96. The highest BCUT2D eigenvalue weighted by Crippen LogP contribution is 2.20. The fourth-order valence-electron chi connectivity index (χ4n) is 1.77. The van der Waals surface area contributed by atoms with Gasteiger partial charge in [-0.25, -0.2) is 4.39 Å². The van der Waals surface area contributed by atoms with Crippen LogP contribution in [-0.2, 0) is 6.54 Å². The first kappa shape index (κ1) is 14.9. The maximum Gasteiger partial charge on any atom is 0.387 e. The molecule has 1 amide bonds. The molecule has 0 saturated carbocycles. The number of halogens is 3. The molecule has 1 N–H and O–H groups in total. The topological polar surface area (TPSA) is 38.3 Å². The van der Waals surface area contributed by atoms with Gasteiger partial charge in [0.1, 0.15) is 11.6 Å². The van der Waals surface area contributed by atoms with Crippen LogP contribution in [0.3, 0.4) is 0 Å². The molecule has 0 unspecified atom stereocenters. The minimum absolute atomic E-state index is 0.0332. The van der Waals surface area contributed by atoms with Crippen molar-refractivity contribution in [1.82, 2.24) is 5.32 Å². The lowest BCUT2D eigenvalue weighted by Gasteiger charge is -2.11. The summed E-state index contributed by atoms with van der Waals surface area (Å²) in [5, 5.41) is 2.47. The Labute approximate surface area is 119 Å². The number of alkyl halides is 2. The Bertz CT molecular complexity index is 632. The van der Waals surface area contributed by atoms with E-state index >= 15 is 0 Å². The number of hydrogen-bond donors (Lipinski definition) is 1. The monoisotopic (exact) mass is 295 g/mol. The van der Waals surface area contributed by atoms with Gasteiger partial charge in [0.25, 0.3) is 5.91 Å². The van der Waals surface area contributed by atoms with Crippen LogP contribution in [0.15, 0.2) is 48.5 Å². The molecule has 0 aliphatic heterocycles. The second-order valence-electron chi connectivity index (χ2n) is 4.15. The Morgan fingerprint density at radius 2 is 1.76 bits per heavy atom. The number of carbonyl (C=O) groups excluding carboxylic acids is 1. The Morgan fingerprint density at radius 3 is 2.48 bits per heavy atom. The van der Waals surface area contributed by atoms with Crippen molar-refractivity contribution in [3.63, 3.8) is 0 Å². The third-order valence-electron chi connectivity index (χ3n) is 2.74. The van der Waals surface area contributed by atoms with Crippen LogP contribution in [0.2, 0.25) is 0 Å². The van der Waals surface area contributed by atoms with Gasteiger partial charge in [0.15, 0.2) is 0 Å². The summed E-state index contributed by atoms with van der Waals surface area (Å²) < 4.78 is 42.2. The van der Waals surface area contributed by atoms with Gasteiger partial charge in [-0.05, 0) is 18.2 Å². The van der Waals surface area contributed by atoms with Gasteiger partial charge >= 0.3 is 6.61 Å². The Kier molecular flexibility index (Phi) is 4.81. The summed E-state index contributed by atoms with van der Waals surface area (Å²) >= 11 is 0. The molecule has 3 nitrogen and oxygen atoms in total. The minimum atomic E-state index is -3.02. The molecule has 0 spiro atoms. The molecule has 0 heterocycles. The van der Waals surface area contributed by atoms with E-state index in [-0.39, 0.29) is 17.9 Å². The normalized spacial score (nSPS) is 10.5. The van der Waals surface area contributed by atoms with E-state index in [1.807, 2.05) is 0 Å². The highest BCUT2D eigenvalue weighted by Gasteiger charge is 2.15. The van der Waals surface area contributed by atoms with Crippen molar-refractivity contribution in [3.8, 4) is 5.75 Å². The molecular formula is C15H12F3NO2. The number of rotatable bonds is 5. The first-order valence-electron chi connectivity index (χ1n) is 6.13. The summed E-state index contributed by atoms with van der Waals surface area (Å²) in [6.07, 6.45) is 0. The summed E-state index contributed by atoms with van der Waals surface area (Å²) in [5.74, 6) is -1.29. The number of para-hydroxylation sites is 1. The molecule has 6 heteroatoms. The number of ether oxygens (including phenoxy) is 1. The molecule has 21 heavy (non-hydrogen) atoms. The largest absolute Gasteiger partial charge is 0.434 e. The maximum absolute atomic E-state index is 13.4. The molecule has 2 aromatic rings. The van der Waals surface area contributed by atoms with Gasteiger partial charge in [0.2, 0.25) is 0 Å². The van der Waals surface area contributed by atoms with Crippen molar-refractivity contribution in [2.75, 3.05) is 0 Å². The molecule has 0 radical (unpaired) electrons. The summed E-state index contributed by atoms with van der Waals surface area (Å²) in [6, 6.07) is 11.6. The third-order valence-corrected chi connectivity index (χ3v) is 2.74. The van der Waals surface area contributed by atoms with Crippen molar-refractivity contribution in [2.45, 2.75) is 13.2 Å². The fraction of sp³-hybridized carbons (Fsp3) is 0.133. The summed E-state index contributed by atoms with van der Waals surface area (Å²) in [4.78, 5) is 12.0.